The summed E-state index contributed by atoms with van der Waals surface area (Å²) in [6.07, 6.45) is 3.00. The van der Waals surface area contributed by atoms with E-state index in [0.29, 0.717) is 13.0 Å². The Kier molecular flexibility index (Phi) is 4.64. The average molecular weight is 333 g/mol. The summed E-state index contributed by atoms with van der Waals surface area (Å²) < 4.78 is 10.7. The molecule has 1 saturated heterocycles. The summed E-state index contributed by atoms with van der Waals surface area (Å²) in [7, 11) is 3.21. The molecule has 1 saturated carbocycles. The third-order valence-corrected chi connectivity index (χ3v) is 5.01. The van der Waals surface area contributed by atoms with Crippen LogP contribution in [-0.4, -0.2) is 48.7 Å². The molecule has 6 nitrogen and oxygen atoms in total. The summed E-state index contributed by atoms with van der Waals surface area (Å²) >= 11 is 0. The SMILES string of the molecule is COc1ccc(OC)c(C2CC2C(=O)N2CCCCC2C(=O)O)c1. The number of methoxy groups -OCH3 is 2. The smallest absolute Gasteiger partial charge is 0.326 e. The molecule has 3 atom stereocenters. The van der Waals surface area contributed by atoms with Crippen LogP contribution in [0.25, 0.3) is 0 Å². The quantitative estimate of drug-likeness (QED) is 0.894. The molecule has 0 radical (unpaired) electrons. The molecule has 130 valence electrons. The molecule has 3 rings (SSSR count). The summed E-state index contributed by atoms with van der Waals surface area (Å²) in [5.41, 5.74) is 0.957. The number of hydrogen-bond acceptors (Lipinski definition) is 4. The molecule has 1 N–H and O–H groups in total. The highest BCUT2D eigenvalue weighted by Gasteiger charge is 2.49. The largest absolute Gasteiger partial charge is 0.497 e. The Morgan fingerprint density at radius 3 is 2.67 bits per heavy atom. The third kappa shape index (κ3) is 3.05. The zero-order chi connectivity index (χ0) is 17.3. The van der Waals surface area contributed by atoms with E-state index in [2.05, 4.69) is 0 Å². The molecule has 1 aliphatic carbocycles. The number of carbonyl (C=O) groups excluding carboxylic acids is 1. The molecule has 1 heterocycles. The Morgan fingerprint density at radius 1 is 1.21 bits per heavy atom. The number of piperidine rings is 1. The van der Waals surface area contributed by atoms with Crippen LogP contribution in [-0.2, 0) is 9.59 Å². The fourth-order valence-electron chi connectivity index (χ4n) is 3.61. The minimum Gasteiger partial charge on any atom is -0.497 e. The van der Waals surface area contributed by atoms with Crippen LogP contribution in [0.4, 0.5) is 0 Å². The van der Waals surface area contributed by atoms with E-state index in [1.807, 2.05) is 18.2 Å². The van der Waals surface area contributed by atoms with Crippen molar-refractivity contribution in [3.8, 4) is 11.5 Å². The van der Waals surface area contributed by atoms with Crippen molar-refractivity contribution in [2.45, 2.75) is 37.6 Å². The van der Waals surface area contributed by atoms with Crippen LogP contribution in [0.15, 0.2) is 18.2 Å². The molecular formula is C18H23NO5. The van der Waals surface area contributed by atoms with Crippen LogP contribution >= 0.6 is 0 Å². The number of aliphatic carboxylic acids is 1. The van der Waals surface area contributed by atoms with Gasteiger partial charge in [0, 0.05) is 23.9 Å². The highest BCUT2D eigenvalue weighted by atomic mass is 16.5. The monoisotopic (exact) mass is 333 g/mol. The van der Waals surface area contributed by atoms with Gasteiger partial charge in [0.2, 0.25) is 5.91 Å². The van der Waals surface area contributed by atoms with E-state index in [1.165, 1.54) is 0 Å². The first kappa shape index (κ1) is 16.6. The van der Waals surface area contributed by atoms with Gasteiger partial charge in [-0.2, -0.15) is 0 Å². The molecule has 0 spiro atoms. The molecular weight excluding hydrogens is 310 g/mol. The molecule has 1 amide bonds. The van der Waals surface area contributed by atoms with Crippen LogP contribution in [0.3, 0.4) is 0 Å². The van der Waals surface area contributed by atoms with E-state index >= 15 is 0 Å². The molecule has 3 unspecified atom stereocenters. The summed E-state index contributed by atoms with van der Waals surface area (Å²) in [5.74, 6) is 0.427. The minimum atomic E-state index is -0.904. The topological polar surface area (TPSA) is 76.1 Å². The van der Waals surface area contributed by atoms with Gasteiger partial charge >= 0.3 is 5.97 Å². The first-order valence-electron chi connectivity index (χ1n) is 8.32. The fraction of sp³-hybridized carbons (Fsp3) is 0.556. The second-order valence-electron chi connectivity index (χ2n) is 6.44. The van der Waals surface area contributed by atoms with Gasteiger partial charge in [0.15, 0.2) is 0 Å². The van der Waals surface area contributed by atoms with Crippen molar-refractivity contribution in [1.82, 2.24) is 4.90 Å². The first-order chi connectivity index (χ1) is 11.6. The number of hydrogen-bond donors (Lipinski definition) is 1. The highest BCUT2D eigenvalue weighted by molar-refractivity contribution is 5.88. The summed E-state index contributed by atoms with van der Waals surface area (Å²) in [5, 5.41) is 9.36. The predicted octanol–water partition coefficient (Wildman–Crippen LogP) is 2.27. The van der Waals surface area contributed by atoms with E-state index in [1.54, 1.807) is 19.1 Å². The van der Waals surface area contributed by atoms with Gasteiger partial charge in [-0.05, 0) is 43.9 Å². The number of amides is 1. The number of carboxylic acid groups (broad SMARTS) is 1. The van der Waals surface area contributed by atoms with Gasteiger partial charge in [-0.3, -0.25) is 4.79 Å². The lowest BCUT2D eigenvalue weighted by Crippen LogP contribution is -2.48. The van der Waals surface area contributed by atoms with Crippen LogP contribution < -0.4 is 9.47 Å². The molecule has 1 aromatic carbocycles. The number of ether oxygens (including phenoxy) is 2. The van der Waals surface area contributed by atoms with Crippen LogP contribution in [0.5, 0.6) is 11.5 Å². The summed E-state index contributed by atoms with van der Waals surface area (Å²) in [6.45, 7) is 0.536. The second kappa shape index (κ2) is 6.71. The molecule has 0 aromatic heterocycles. The van der Waals surface area contributed by atoms with Gasteiger partial charge < -0.3 is 19.5 Å². The van der Waals surface area contributed by atoms with Gasteiger partial charge in [0.1, 0.15) is 17.5 Å². The molecule has 2 fully saturated rings. The van der Waals surface area contributed by atoms with Gasteiger partial charge in [-0.25, -0.2) is 4.79 Å². The van der Waals surface area contributed by atoms with E-state index in [9.17, 15) is 14.7 Å². The number of benzene rings is 1. The average Bonchev–Trinajstić information content (AvgIpc) is 3.41. The highest BCUT2D eigenvalue weighted by Crippen LogP contribution is 2.52. The van der Waals surface area contributed by atoms with Crippen LogP contribution in [0.2, 0.25) is 0 Å². The normalized spacial score (nSPS) is 25.9. The lowest BCUT2D eigenvalue weighted by molar-refractivity contribution is -0.152. The maximum Gasteiger partial charge on any atom is 0.326 e. The van der Waals surface area contributed by atoms with Crippen molar-refractivity contribution in [2.75, 3.05) is 20.8 Å². The molecule has 1 aliphatic heterocycles. The maximum atomic E-state index is 12.8. The standard InChI is InChI=1S/C18H23NO5/c1-23-11-6-7-16(24-2)13(9-11)12-10-14(12)17(20)19-8-4-3-5-15(19)18(21)22/h6-7,9,12,14-15H,3-5,8,10H2,1-2H3,(H,21,22). The van der Waals surface area contributed by atoms with E-state index in [-0.39, 0.29) is 17.7 Å². The lowest BCUT2D eigenvalue weighted by atomic mass is 10.0. The number of carbonyl (C=O) groups is 2. The Bertz CT molecular complexity index is 644. The van der Waals surface area contributed by atoms with Crippen LogP contribution in [0.1, 0.15) is 37.2 Å². The zero-order valence-corrected chi connectivity index (χ0v) is 14.0. The Morgan fingerprint density at radius 2 is 2.00 bits per heavy atom. The number of likely N-dealkylation sites (tertiary alicyclic amines) is 1. The van der Waals surface area contributed by atoms with Crippen molar-refractivity contribution in [1.29, 1.82) is 0 Å². The van der Waals surface area contributed by atoms with Crippen LogP contribution in [0, 0.1) is 5.92 Å². The van der Waals surface area contributed by atoms with Gasteiger partial charge in [0.25, 0.3) is 0 Å². The Hall–Kier alpha value is -2.24. The van der Waals surface area contributed by atoms with Crippen molar-refractivity contribution in [2.24, 2.45) is 5.92 Å². The minimum absolute atomic E-state index is 0.0445. The molecule has 0 bridgehead atoms. The Labute approximate surface area is 141 Å². The number of nitrogens with zero attached hydrogens (tertiary/aromatic N) is 1. The molecule has 6 heteroatoms. The van der Waals surface area contributed by atoms with Crippen molar-refractivity contribution >= 4 is 11.9 Å². The molecule has 24 heavy (non-hydrogen) atoms. The van der Waals surface area contributed by atoms with Gasteiger partial charge in [-0.1, -0.05) is 0 Å². The van der Waals surface area contributed by atoms with Gasteiger partial charge in [0.05, 0.1) is 14.2 Å². The zero-order valence-electron chi connectivity index (χ0n) is 14.0. The summed E-state index contributed by atoms with van der Waals surface area (Å²) in [6, 6.07) is 4.89. The second-order valence-corrected chi connectivity index (χ2v) is 6.44. The van der Waals surface area contributed by atoms with E-state index in [0.717, 1.165) is 36.3 Å². The van der Waals surface area contributed by atoms with Crippen molar-refractivity contribution in [3.05, 3.63) is 23.8 Å². The fourth-order valence-corrected chi connectivity index (χ4v) is 3.61. The van der Waals surface area contributed by atoms with Crippen molar-refractivity contribution < 1.29 is 24.2 Å². The Balaban J connectivity index is 1.77. The molecule has 1 aromatic rings. The van der Waals surface area contributed by atoms with Crippen molar-refractivity contribution in [3.63, 3.8) is 0 Å². The van der Waals surface area contributed by atoms with E-state index in [4.69, 9.17) is 9.47 Å². The number of rotatable bonds is 5. The summed E-state index contributed by atoms with van der Waals surface area (Å²) in [4.78, 5) is 25.8. The predicted molar refractivity (Wildman–Crippen MR) is 87.4 cm³/mol. The number of carboxylic acids is 1. The van der Waals surface area contributed by atoms with E-state index < -0.39 is 12.0 Å². The lowest BCUT2D eigenvalue weighted by Gasteiger charge is -2.33. The molecule has 2 aliphatic rings. The first-order valence-corrected chi connectivity index (χ1v) is 8.32. The third-order valence-electron chi connectivity index (χ3n) is 5.01. The maximum absolute atomic E-state index is 12.8. The van der Waals surface area contributed by atoms with Gasteiger partial charge in [-0.15, -0.1) is 0 Å².